The van der Waals surface area contributed by atoms with Crippen LogP contribution in [0.15, 0.2) is 40.5 Å². The number of anilines is 1. The summed E-state index contributed by atoms with van der Waals surface area (Å²) in [5.41, 5.74) is 0.0308. The molecule has 114 valence electrons. The van der Waals surface area contributed by atoms with E-state index in [0.29, 0.717) is 0 Å². The number of aromatic nitrogens is 2. The first-order chi connectivity index (χ1) is 9.61. The summed E-state index contributed by atoms with van der Waals surface area (Å²) in [6.45, 7) is 0. The van der Waals surface area contributed by atoms with E-state index in [4.69, 9.17) is 16.7 Å². The van der Waals surface area contributed by atoms with Crippen LogP contribution in [0.4, 0.5) is 5.69 Å². The molecule has 3 N–H and O–H groups in total. The Labute approximate surface area is 126 Å². The van der Waals surface area contributed by atoms with Gasteiger partial charge < -0.3 is 4.57 Å². The normalized spacial score (nSPS) is 12.3. The van der Waals surface area contributed by atoms with Gasteiger partial charge in [0.15, 0.2) is 0 Å². The van der Waals surface area contributed by atoms with Crippen LogP contribution < -0.4 is 9.86 Å². The summed E-state index contributed by atoms with van der Waals surface area (Å²) in [7, 11) is -6.43. The Hall–Kier alpha value is -1.62. The van der Waals surface area contributed by atoms with Crippen LogP contribution in [-0.2, 0) is 27.1 Å². The maximum Gasteiger partial charge on any atom is 0.282 e. The quantitative estimate of drug-likeness (QED) is 0.831. The van der Waals surface area contributed by atoms with Gasteiger partial charge >= 0.3 is 0 Å². The first-order valence-electron chi connectivity index (χ1n) is 5.44. The van der Waals surface area contributed by atoms with Crippen molar-refractivity contribution in [2.75, 3.05) is 4.72 Å². The molecule has 0 unspecified atom stereocenters. The SMILES string of the molecule is Cn1cnc(S(=O)(=O)Nc2cccc(S(N)(=O)=O)c2)c1Cl. The lowest BCUT2D eigenvalue weighted by Gasteiger charge is -2.07. The average Bonchev–Trinajstić information content (AvgIpc) is 2.69. The summed E-state index contributed by atoms with van der Waals surface area (Å²) in [4.78, 5) is 3.48. The Kier molecular flexibility index (Phi) is 3.97. The zero-order valence-electron chi connectivity index (χ0n) is 10.7. The van der Waals surface area contributed by atoms with Crippen LogP contribution in [0.3, 0.4) is 0 Å². The van der Waals surface area contributed by atoms with Gasteiger partial charge in [0.2, 0.25) is 15.0 Å². The third-order valence-electron chi connectivity index (χ3n) is 2.50. The molecule has 11 heteroatoms. The first-order valence-corrected chi connectivity index (χ1v) is 8.84. The standard InChI is InChI=1S/C10H11ClN4O4S2/c1-15-6-13-10(9(15)11)21(18,19)14-7-3-2-4-8(5-7)20(12,16)17/h2-6,14H,1H3,(H2,12,16,17). The largest absolute Gasteiger partial charge is 0.324 e. The summed E-state index contributed by atoms with van der Waals surface area (Å²) in [6.07, 6.45) is 1.25. The van der Waals surface area contributed by atoms with Crippen LogP contribution in [0.2, 0.25) is 5.15 Å². The Morgan fingerprint density at radius 3 is 2.48 bits per heavy atom. The van der Waals surface area contributed by atoms with Gasteiger partial charge in [-0.3, -0.25) is 4.72 Å². The van der Waals surface area contributed by atoms with E-state index in [-0.39, 0.29) is 20.8 Å². The minimum atomic E-state index is -4.03. The number of hydrogen-bond acceptors (Lipinski definition) is 5. The lowest BCUT2D eigenvalue weighted by Crippen LogP contribution is -2.16. The zero-order valence-corrected chi connectivity index (χ0v) is 13.1. The molecule has 0 aliphatic heterocycles. The molecule has 0 bridgehead atoms. The molecule has 0 aliphatic rings. The molecular formula is C10H11ClN4O4S2. The highest BCUT2D eigenvalue weighted by atomic mass is 35.5. The van der Waals surface area contributed by atoms with E-state index in [9.17, 15) is 16.8 Å². The minimum Gasteiger partial charge on any atom is -0.324 e. The molecule has 1 heterocycles. The van der Waals surface area contributed by atoms with Crippen molar-refractivity contribution in [3.8, 4) is 0 Å². The molecule has 0 saturated heterocycles. The number of nitrogens with two attached hydrogens (primary N) is 1. The van der Waals surface area contributed by atoms with Crippen molar-refractivity contribution in [1.29, 1.82) is 0 Å². The lowest BCUT2D eigenvalue weighted by molar-refractivity contribution is 0.595. The summed E-state index contributed by atoms with van der Waals surface area (Å²) in [6, 6.07) is 5.09. The van der Waals surface area contributed by atoms with Crippen molar-refractivity contribution in [2.45, 2.75) is 9.92 Å². The van der Waals surface area contributed by atoms with E-state index < -0.39 is 20.0 Å². The fourth-order valence-corrected chi connectivity index (χ4v) is 3.56. The average molecular weight is 351 g/mol. The van der Waals surface area contributed by atoms with Crippen LogP contribution >= 0.6 is 11.6 Å². The predicted molar refractivity (Wildman–Crippen MR) is 76.8 cm³/mol. The maximum absolute atomic E-state index is 12.1. The van der Waals surface area contributed by atoms with Crippen LogP contribution in [0, 0.1) is 0 Å². The summed E-state index contributed by atoms with van der Waals surface area (Å²) >= 11 is 5.83. The molecule has 0 fully saturated rings. The van der Waals surface area contributed by atoms with Gasteiger partial charge in [-0.15, -0.1) is 0 Å². The number of aryl methyl sites for hydroxylation is 1. The first kappa shape index (κ1) is 15.8. The van der Waals surface area contributed by atoms with E-state index in [1.54, 1.807) is 0 Å². The van der Waals surface area contributed by atoms with Gasteiger partial charge in [0.25, 0.3) is 10.0 Å². The number of rotatable bonds is 4. The number of imidazole rings is 1. The second-order valence-corrected chi connectivity index (χ2v) is 7.65. The highest BCUT2D eigenvalue weighted by molar-refractivity contribution is 7.92. The molecule has 1 aromatic heterocycles. The van der Waals surface area contributed by atoms with Crippen molar-refractivity contribution in [3.05, 3.63) is 35.7 Å². The monoisotopic (exact) mass is 350 g/mol. The van der Waals surface area contributed by atoms with Crippen molar-refractivity contribution in [1.82, 2.24) is 9.55 Å². The van der Waals surface area contributed by atoms with Crippen LogP contribution in [0.5, 0.6) is 0 Å². The van der Waals surface area contributed by atoms with Crippen molar-refractivity contribution in [3.63, 3.8) is 0 Å². The summed E-state index contributed by atoms with van der Waals surface area (Å²) in [5, 5.41) is 4.57. The topological polar surface area (TPSA) is 124 Å². The molecule has 1 aromatic carbocycles. The fourth-order valence-electron chi connectivity index (χ4n) is 1.51. The number of sulfonamides is 2. The fraction of sp³-hybridized carbons (Fsp3) is 0.100. The van der Waals surface area contributed by atoms with Gasteiger partial charge in [-0.25, -0.2) is 18.5 Å². The second-order valence-electron chi connectivity index (χ2n) is 4.13. The molecule has 8 nitrogen and oxygen atoms in total. The van der Waals surface area contributed by atoms with Crippen molar-refractivity contribution < 1.29 is 16.8 Å². The van der Waals surface area contributed by atoms with Crippen LogP contribution in [0.1, 0.15) is 0 Å². The third kappa shape index (κ3) is 3.35. The minimum absolute atomic E-state index is 0.0308. The van der Waals surface area contributed by atoms with Gasteiger partial charge in [0.1, 0.15) is 5.15 Å². The maximum atomic E-state index is 12.1. The van der Waals surface area contributed by atoms with Gasteiger partial charge in [0, 0.05) is 7.05 Å². The Bertz CT molecular complexity index is 890. The zero-order chi connectivity index (χ0) is 15.8. The predicted octanol–water partition coefficient (Wildman–Crippen LogP) is 0.522. The number of halogens is 1. The van der Waals surface area contributed by atoms with Gasteiger partial charge in [-0.05, 0) is 18.2 Å². The Morgan fingerprint density at radius 2 is 1.95 bits per heavy atom. The van der Waals surface area contributed by atoms with E-state index >= 15 is 0 Å². The number of nitrogens with one attached hydrogen (secondary N) is 1. The highest BCUT2D eigenvalue weighted by Crippen LogP contribution is 2.22. The van der Waals surface area contributed by atoms with E-state index in [0.717, 1.165) is 6.07 Å². The van der Waals surface area contributed by atoms with Crippen LogP contribution in [-0.4, -0.2) is 26.4 Å². The molecule has 0 radical (unpaired) electrons. The van der Waals surface area contributed by atoms with E-state index in [2.05, 4.69) is 9.71 Å². The smallest absolute Gasteiger partial charge is 0.282 e. The molecule has 2 rings (SSSR count). The van der Waals surface area contributed by atoms with E-state index in [1.807, 2.05) is 0 Å². The number of nitrogens with zero attached hydrogens (tertiary/aromatic N) is 2. The molecular weight excluding hydrogens is 340 g/mol. The molecule has 0 aliphatic carbocycles. The number of primary sulfonamides is 1. The lowest BCUT2D eigenvalue weighted by atomic mass is 10.3. The van der Waals surface area contributed by atoms with E-state index in [1.165, 1.54) is 36.1 Å². The van der Waals surface area contributed by atoms with Crippen molar-refractivity contribution >= 4 is 37.3 Å². The highest BCUT2D eigenvalue weighted by Gasteiger charge is 2.22. The Morgan fingerprint density at radius 1 is 1.29 bits per heavy atom. The number of benzene rings is 1. The molecule has 0 atom stereocenters. The van der Waals surface area contributed by atoms with Gasteiger partial charge in [-0.2, -0.15) is 8.42 Å². The van der Waals surface area contributed by atoms with Crippen LogP contribution in [0.25, 0.3) is 0 Å². The molecule has 0 spiro atoms. The third-order valence-corrected chi connectivity index (χ3v) is 5.28. The second kappa shape index (κ2) is 5.30. The Balaban J connectivity index is 2.40. The molecule has 2 aromatic rings. The molecule has 0 saturated carbocycles. The summed E-state index contributed by atoms with van der Waals surface area (Å²) in [5.74, 6) is 0. The molecule has 0 amide bonds. The molecule has 21 heavy (non-hydrogen) atoms. The summed E-state index contributed by atoms with van der Waals surface area (Å²) < 4.78 is 50.3. The van der Waals surface area contributed by atoms with Crippen molar-refractivity contribution in [2.24, 2.45) is 12.2 Å². The van der Waals surface area contributed by atoms with Gasteiger partial charge in [0.05, 0.1) is 16.9 Å². The van der Waals surface area contributed by atoms with Gasteiger partial charge in [-0.1, -0.05) is 17.7 Å². The number of hydrogen-bond donors (Lipinski definition) is 2.